The van der Waals surface area contributed by atoms with Gasteiger partial charge in [0.2, 0.25) is 0 Å². The first kappa shape index (κ1) is 15.6. The maximum atomic E-state index is 12.3. The van der Waals surface area contributed by atoms with Crippen LogP contribution in [0.1, 0.15) is 11.3 Å². The number of pyridine rings is 1. The lowest BCUT2D eigenvalue weighted by molar-refractivity contribution is 0.882. The van der Waals surface area contributed by atoms with Crippen molar-refractivity contribution in [1.29, 1.82) is 0 Å². The topological polar surface area (TPSA) is 65.1 Å². The summed E-state index contributed by atoms with van der Waals surface area (Å²) in [7, 11) is 0. The fourth-order valence-electron chi connectivity index (χ4n) is 2.56. The highest BCUT2D eigenvalue weighted by Crippen LogP contribution is 2.22. The Labute approximate surface area is 148 Å². The predicted octanol–water partition coefficient (Wildman–Crippen LogP) is 2.88. The number of hydrogen-bond donors (Lipinski definition) is 0. The molecule has 0 unspecified atom stereocenters. The van der Waals surface area contributed by atoms with Crippen molar-refractivity contribution in [2.45, 2.75) is 17.8 Å². The minimum atomic E-state index is -0.0752. The number of aromatic nitrogens is 5. The first-order valence-corrected chi connectivity index (χ1v) is 8.76. The number of aryl methyl sites for hydroxylation is 1. The summed E-state index contributed by atoms with van der Waals surface area (Å²) in [6.07, 6.45) is 3.48. The summed E-state index contributed by atoms with van der Waals surface area (Å²) in [5, 5.41) is 8.92. The summed E-state index contributed by atoms with van der Waals surface area (Å²) < 4.78 is 3.48. The fraction of sp³-hybridized carbons (Fsp3) is 0.111. The van der Waals surface area contributed by atoms with E-state index in [4.69, 9.17) is 0 Å². The van der Waals surface area contributed by atoms with Gasteiger partial charge >= 0.3 is 0 Å². The van der Waals surface area contributed by atoms with Crippen molar-refractivity contribution in [1.82, 2.24) is 24.1 Å². The zero-order valence-corrected chi connectivity index (χ0v) is 14.3. The maximum Gasteiger partial charge on any atom is 0.258 e. The number of thioether (sulfide) groups is 1. The van der Waals surface area contributed by atoms with Crippen LogP contribution >= 0.6 is 11.8 Å². The Kier molecular flexibility index (Phi) is 4.07. The van der Waals surface area contributed by atoms with Gasteiger partial charge in [0.25, 0.3) is 5.56 Å². The van der Waals surface area contributed by atoms with Crippen LogP contribution in [0.3, 0.4) is 0 Å². The first-order chi connectivity index (χ1) is 12.2. The van der Waals surface area contributed by atoms with Gasteiger partial charge in [-0.05, 0) is 30.7 Å². The molecule has 0 saturated carbocycles. The van der Waals surface area contributed by atoms with Crippen LogP contribution in [-0.2, 0) is 5.75 Å². The van der Waals surface area contributed by atoms with E-state index in [1.807, 2.05) is 54.0 Å². The zero-order chi connectivity index (χ0) is 17.2. The van der Waals surface area contributed by atoms with Crippen molar-refractivity contribution in [3.63, 3.8) is 0 Å². The lowest BCUT2D eigenvalue weighted by Gasteiger charge is -2.07. The average Bonchev–Trinajstić information content (AvgIpc) is 3.10. The lowest BCUT2D eigenvalue weighted by atomic mass is 10.3. The summed E-state index contributed by atoms with van der Waals surface area (Å²) in [6, 6.07) is 15.3. The molecule has 0 aliphatic carbocycles. The van der Waals surface area contributed by atoms with Crippen LogP contribution in [0.15, 0.2) is 71.0 Å². The lowest BCUT2D eigenvalue weighted by Crippen LogP contribution is -2.15. The van der Waals surface area contributed by atoms with E-state index in [0.717, 1.165) is 22.1 Å². The highest BCUT2D eigenvalue weighted by Gasteiger charge is 2.09. The van der Waals surface area contributed by atoms with Crippen LogP contribution in [0.5, 0.6) is 0 Å². The molecule has 4 aromatic rings. The molecule has 0 radical (unpaired) electrons. The monoisotopic (exact) mass is 349 g/mol. The van der Waals surface area contributed by atoms with Gasteiger partial charge in [-0.2, -0.15) is 0 Å². The quantitative estimate of drug-likeness (QED) is 0.530. The number of para-hydroxylation sites is 1. The van der Waals surface area contributed by atoms with E-state index in [9.17, 15) is 4.79 Å². The Bertz CT molecular complexity index is 1090. The van der Waals surface area contributed by atoms with Crippen molar-refractivity contribution in [3.05, 3.63) is 82.7 Å². The van der Waals surface area contributed by atoms with Gasteiger partial charge in [0.05, 0.1) is 5.69 Å². The van der Waals surface area contributed by atoms with E-state index in [2.05, 4.69) is 15.2 Å². The van der Waals surface area contributed by atoms with Crippen molar-refractivity contribution >= 4 is 17.4 Å². The summed E-state index contributed by atoms with van der Waals surface area (Å²) in [5.74, 6) is 0.547. The molecular weight excluding hydrogens is 334 g/mol. The van der Waals surface area contributed by atoms with Gasteiger partial charge in [-0.1, -0.05) is 36.0 Å². The zero-order valence-electron chi connectivity index (χ0n) is 13.5. The smallest absolute Gasteiger partial charge is 0.258 e. The number of nitrogens with zero attached hydrogens (tertiary/aromatic N) is 5. The second-order valence-electron chi connectivity index (χ2n) is 5.63. The third-order valence-corrected chi connectivity index (χ3v) is 4.74. The molecule has 0 saturated heterocycles. The molecular formula is C18H15N5OS. The van der Waals surface area contributed by atoms with E-state index in [1.165, 1.54) is 11.8 Å². The van der Waals surface area contributed by atoms with Crippen LogP contribution in [0.25, 0.3) is 11.3 Å². The Morgan fingerprint density at radius 1 is 1.12 bits per heavy atom. The molecule has 0 aliphatic heterocycles. The van der Waals surface area contributed by atoms with Crippen LogP contribution in [-0.4, -0.2) is 24.1 Å². The van der Waals surface area contributed by atoms with Gasteiger partial charge in [0.1, 0.15) is 12.0 Å². The largest absolute Gasteiger partial charge is 0.277 e. The third-order valence-electron chi connectivity index (χ3n) is 3.76. The van der Waals surface area contributed by atoms with Gasteiger partial charge in [-0.3, -0.25) is 13.8 Å². The van der Waals surface area contributed by atoms with Gasteiger partial charge < -0.3 is 0 Å². The van der Waals surface area contributed by atoms with Crippen LogP contribution < -0.4 is 5.56 Å². The van der Waals surface area contributed by atoms with Crippen molar-refractivity contribution < 1.29 is 0 Å². The molecule has 0 N–H and O–H groups in total. The number of rotatable bonds is 4. The summed E-state index contributed by atoms with van der Waals surface area (Å²) >= 11 is 1.50. The molecule has 7 heteroatoms. The number of fused-ring (bicyclic) bond motifs is 1. The predicted molar refractivity (Wildman–Crippen MR) is 97.1 cm³/mol. The molecule has 0 atom stereocenters. The average molecular weight is 349 g/mol. The van der Waals surface area contributed by atoms with Crippen molar-refractivity contribution in [2.75, 3.05) is 0 Å². The van der Waals surface area contributed by atoms with Crippen molar-refractivity contribution in [3.8, 4) is 5.69 Å². The molecule has 1 aromatic carbocycles. The van der Waals surface area contributed by atoms with Gasteiger partial charge in [-0.25, -0.2) is 4.98 Å². The number of benzene rings is 1. The Balaban J connectivity index is 1.61. The minimum absolute atomic E-state index is 0.0752. The molecule has 4 rings (SSSR count). The minimum Gasteiger partial charge on any atom is -0.277 e. The van der Waals surface area contributed by atoms with E-state index >= 15 is 0 Å². The van der Waals surface area contributed by atoms with E-state index in [-0.39, 0.29) is 5.56 Å². The van der Waals surface area contributed by atoms with Gasteiger partial charge in [0, 0.05) is 23.7 Å². The molecule has 3 heterocycles. The molecule has 0 fully saturated rings. The van der Waals surface area contributed by atoms with E-state index < -0.39 is 0 Å². The van der Waals surface area contributed by atoms with Crippen LogP contribution in [0.2, 0.25) is 0 Å². The Morgan fingerprint density at radius 3 is 2.80 bits per heavy atom. The Morgan fingerprint density at radius 2 is 1.96 bits per heavy atom. The second kappa shape index (κ2) is 6.52. The van der Waals surface area contributed by atoms with Gasteiger partial charge in [0.15, 0.2) is 5.16 Å². The Hall–Kier alpha value is -2.93. The van der Waals surface area contributed by atoms with Crippen LogP contribution in [0, 0.1) is 6.92 Å². The molecule has 25 heavy (non-hydrogen) atoms. The standard InChI is InChI=1S/C18H15N5OS/c1-13-7-8-16-20-14(9-17(24)22(16)10-13)11-25-18-21-19-12-23(18)15-5-3-2-4-6-15/h2-10,12H,11H2,1H3. The summed E-state index contributed by atoms with van der Waals surface area (Å²) in [5.41, 5.74) is 3.32. The van der Waals surface area contributed by atoms with E-state index in [1.54, 1.807) is 23.0 Å². The molecule has 3 aromatic heterocycles. The molecule has 0 spiro atoms. The molecule has 0 aliphatic rings. The highest BCUT2D eigenvalue weighted by molar-refractivity contribution is 7.98. The summed E-state index contributed by atoms with van der Waals surface area (Å²) in [6.45, 7) is 1.95. The van der Waals surface area contributed by atoms with Gasteiger partial charge in [-0.15, -0.1) is 10.2 Å². The molecule has 124 valence electrons. The SMILES string of the molecule is Cc1ccc2nc(CSc3nncn3-c3ccccc3)cc(=O)n2c1. The molecule has 6 nitrogen and oxygen atoms in total. The summed E-state index contributed by atoms with van der Waals surface area (Å²) in [4.78, 5) is 16.8. The second-order valence-corrected chi connectivity index (χ2v) is 6.57. The third kappa shape index (κ3) is 3.18. The molecule has 0 bridgehead atoms. The normalized spacial score (nSPS) is 11.1. The van der Waals surface area contributed by atoms with Crippen LogP contribution in [0.4, 0.5) is 0 Å². The molecule has 0 amide bonds. The first-order valence-electron chi connectivity index (χ1n) is 7.78. The van der Waals surface area contributed by atoms with Crippen molar-refractivity contribution in [2.24, 2.45) is 0 Å². The number of hydrogen-bond acceptors (Lipinski definition) is 5. The highest BCUT2D eigenvalue weighted by atomic mass is 32.2. The maximum absolute atomic E-state index is 12.3. The fourth-order valence-corrected chi connectivity index (χ4v) is 3.38. The van der Waals surface area contributed by atoms with E-state index in [0.29, 0.717) is 11.4 Å².